The summed E-state index contributed by atoms with van der Waals surface area (Å²) in [5.74, 6) is 0.212. The Morgan fingerprint density at radius 1 is 1.31 bits per heavy atom. The van der Waals surface area contributed by atoms with Crippen molar-refractivity contribution in [2.75, 3.05) is 6.54 Å². The standard InChI is InChI=1S/C14H15NO/c1-2-10-11-6-3-4-7-12(11)14(16)15-9-5-8-13(10)15/h2-4,6-7,13H,5,8-9H2,1H3/b10-2+. The van der Waals surface area contributed by atoms with Crippen LogP contribution < -0.4 is 0 Å². The van der Waals surface area contributed by atoms with Crippen molar-refractivity contribution in [3.63, 3.8) is 0 Å². The second-order valence-corrected chi connectivity index (χ2v) is 4.45. The highest BCUT2D eigenvalue weighted by molar-refractivity contribution is 6.04. The zero-order chi connectivity index (χ0) is 11.1. The Hall–Kier alpha value is -1.57. The third-order valence-electron chi connectivity index (χ3n) is 3.65. The van der Waals surface area contributed by atoms with E-state index < -0.39 is 0 Å². The number of carbonyl (C=O) groups is 1. The molecule has 0 bridgehead atoms. The zero-order valence-electron chi connectivity index (χ0n) is 9.44. The molecule has 2 nitrogen and oxygen atoms in total. The van der Waals surface area contributed by atoms with Crippen molar-refractivity contribution in [1.29, 1.82) is 0 Å². The van der Waals surface area contributed by atoms with Gasteiger partial charge in [-0.15, -0.1) is 0 Å². The molecule has 1 atom stereocenters. The van der Waals surface area contributed by atoms with Gasteiger partial charge in [0, 0.05) is 12.1 Å². The van der Waals surface area contributed by atoms with Crippen molar-refractivity contribution >= 4 is 11.5 Å². The van der Waals surface area contributed by atoms with Gasteiger partial charge in [0.05, 0.1) is 6.04 Å². The molecule has 0 aliphatic carbocycles. The predicted octanol–water partition coefficient (Wildman–Crippen LogP) is 2.71. The van der Waals surface area contributed by atoms with Crippen molar-refractivity contribution in [3.8, 4) is 0 Å². The minimum atomic E-state index is 0.212. The van der Waals surface area contributed by atoms with Crippen LogP contribution >= 0.6 is 0 Å². The fourth-order valence-electron chi connectivity index (χ4n) is 2.94. The van der Waals surface area contributed by atoms with Crippen molar-refractivity contribution in [1.82, 2.24) is 4.90 Å². The summed E-state index contributed by atoms with van der Waals surface area (Å²) in [4.78, 5) is 14.3. The SMILES string of the molecule is C/C=C1\c2ccccc2C(=O)N2CCCC12. The molecular formula is C14H15NO. The molecule has 2 aliphatic heterocycles. The summed E-state index contributed by atoms with van der Waals surface area (Å²) in [6.07, 6.45) is 4.40. The maximum Gasteiger partial charge on any atom is 0.254 e. The molecule has 16 heavy (non-hydrogen) atoms. The smallest absolute Gasteiger partial charge is 0.254 e. The number of nitrogens with zero attached hydrogens (tertiary/aromatic N) is 1. The molecule has 1 aromatic carbocycles. The largest absolute Gasteiger partial charge is 0.332 e. The highest BCUT2D eigenvalue weighted by Gasteiger charge is 2.37. The van der Waals surface area contributed by atoms with E-state index in [1.54, 1.807) is 0 Å². The van der Waals surface area contributed by atoms with Crippen LogP contribution in [0.25, 0.3) is 5.57 Å². The van der Waals surface area contributed by atoms with Gasteiger partial charge in [-0.2, -0.15) is 0 Å². The molecule has 1 saturated heterocycles. The Kier molecular flexibility index (Phi) is 2.10. The van der Waals surface area contributed by atoms with Gasteiger partial charge in [0.1, 0.15) is 0 Å². The van der Waals surface area contributed by atoms with Crippen LogP contribution in [-0.4, -0.2) is 23.4 Å². The number of rotatable bonds is 0. The summed E-state index contributed by atoms with van der Waals surface area (Å²) in [5.41, 5.74) is 3.33. The van der Waals surface area contributed by atoms with E-state index in [0.717, 1.165) is 30.5 Å². The van der Waals surface area contributed by atoms with Crippen molar-refractivity contribution < 1.29 is 4.79 Å². The molecule has 0 spiro atoms. The summed E-state index contributed by atoms with van der Waals surface area (Å²) in [7, 11) is 0. The average molecular weight is 213 g/mol. The van der Waals surface area contributed by atoms with Crippen LogP contribution in [0.2, 0.25) is 0 Å². The third-order valence-corrected chi connectivity index (χ3v) is 3.65. The summed E-state index contributed by atoms with van der Waals surface area (Å²) >= 11 is 0. The molecule has 2 heteroatoms. The lowest BCUT2D eigenvalue weighted by molar-refractivity contribution is 0.0756. The number of benzene rings is 1. The first kappa shape index (κ1) is 9.64. The first-order valence-electron chi connectivity index (χ1n) is 5.89. The van der Waals surface area contributed by atoms with Gasteiger partial charge in [0.25, 0.3) is 5.91 Å². The van der Waals surface area contributed by atoms with E-state index in [4.69, 9.17) is 0 Å². The highest BCUT2D eigenvalue weighted by Crippen LogP contribution is 2.37. The number of hydrogen-bond donors (Lipinski definition) is 0. The van der Waals surface area contributed by atoms with E-state index in [0.29, 0.717) is 6.04 Å². The molecule has 2 heterocycles. The van der Waals surface area contributed by atoms with Gasteiger partial charge < -0.3 is 4.90 Å². The number of allylic oxidation sites excluding steroid dienone is 1. The van der Waals surface area contributed by atoms with E-state index in [1.165, 1.54) is 5.57 Å². The molecule has 0 saturated carbocycles. The summed E-state index contributed by atoms with van der Waals surface area (Å²) < 4.78 is 0. The maximum atomic E-state index is 12.3. The molecule has 0 N–H and O–H groups in total. The highest BCUT2D eigenvalue weighted by atomic mass is 16.2. The molecule has 2 aliphatic rings. The van der Waals surface area contributed by atoms with Gasteiger partial charge in [-0.1, -0.05) is 24.3 Å². The molecular weight excluding hydrogens is 198 g/mol. The monoisotopic (exact) mass is 213 g/mol. The first-order valence-corrected chi connectivity index (χ1v) is 5.89. The minimum Gasteiger partial charge on any atom is -0.332 e. The van der Waals surface area contributed by atoms with Crippen LogP contribution in [0.1, 0.15) is 35.7 Å². The van der Waals surface area contributed by atoms with Crippen LogP contribution in [-0.2, 0) is 0 Å². The van der Waals surface area contributed by atoms with E-state index in [2.05, 4.69) is 19.1 Å². The van der Waals surface area contributed by atoms with Gasteiger partial charge in [0.2, 0.25) is 0 Å². The zero-order valence-corrected chi connectivity index (χ0v) is 9.44. The lowest BCUT2D eigenvalue weighted by atomic mass is 9.88. The van der Waals surface area contributed by atoms with Gasteiger partial charge >= 0.3 is 0 Å². The Morgan fingerprint density at radius 3 is 2.81 bits per heavy atom. The van der Waals surface area contributed by atoms with Gasteiger partial charge in [-0.3, -0.25) is 4.79 Å². The first-order chi connectivity index (χ1) is 7.83. The summed E-state index contributed by atoms with van der Waals surface area (Å²) in [6.45, 7) is 2.98. The van der Waals surface area contributed by atoms with E-state index in [1.807, 2.05) is 23.1 Å². The van der Waals surface area contributed by atoms with Crippen LogP contribution in [0, 0.1) is 0 Å². The Labute approximate surface area is 95.6 Å². The second-order valence-electron chi connectivity index (χ2n) is 4.45. The lowest BCUT2D eigenvalue weighted by Crippen LogP contribution is -2.40. The molecule has 1 aromatic rings. The van der Waals surface area contributed by atoms with Crippen LogP contribution in [0.3, 0.4) is 0 Å². The summed E-state index contributed by atoms with van der Waals surface area (Å²) in [5, 5.41) is 0. The average Bonchev–Trinajstić information content (AvgIpc) is 2.79. The fraction of sp³-hybridized carbons (Fsp3) is 0.357. The number of carbonyl (C=O) groups excluding carboxylic acids is 1. The maximum absolute atomic E-state index is 12.3. The summed E-state index contributed by atoms with van der Waals surface area (Å²) in [6, 6.07) is 8.29. The predicted molar refractivity (Wildman–Crippen MR) is 64.2 cm³/mol. The molecule has 0 aromatic heterocycles. The molecule has 0 radical (unpaired) electrons. The molecule has 1 fully saturated rings. The quantitative estimate of drug-likeness (QED) is 0.649. The molecule has 1 amide bonds. The molecule has 1 unspecified atom stereocenters. The molecule has 3 rings (SSSR count). The Morgan fingerprint density at radius 2 is 2.06 bits per heavy atom. The number of amides is 1. The topological polar surface area (TPSA) is 20.3 Å². The van der Waals surface area contributed by atoms with Crippen LogP contribution in [0.4, 0.5) is 0 Å². The van der Waals surface area contributed by atoms with E-state index in [-0.39, 0.29) is 5.91 Å². The minimum absolute atomic E-state index is 0.212. The van der Waals surface area contributed by atoms with Crippen LogP contribution in [0.5, 0.6) is 0 Å². The van der Waals surface area contributed by atoms with Gasteiger partial charge in [-0.05, 0) is 37.0 Å². The van der Waals surface area contributed by atoms with Gasteiger partial charge in [0.15, 0.2) is 0 Å². The number of hydrogen-bond acceptors (Lipinski definition) is 1. The third kappa shape index (κ3) is 1.16. The number of fused-ring (bicyclic) bond motifs is 2. The van der Waals surface area contributed by atoms with Crippen molar-refractivity contribution in [3.05, 3.63) is 41.5 Å². The fourth-order valence-corrected chi connectivity index (χ4v) is 2.94. The van der Waals surface area contributed by atoms with Crippen molar-refractivity contribution in [2.45, 2.75) is 25.8 Å². The Bertz CT molecular complexity index is 475. The normalized spacial score (nSPS) is 25.8. The molecule has 82 valence electrons. The Balaban J connectivity index is 2.21. The van der Waals surface area contributed by atoms with E-state index >= 15 is 0 Å². The lowest BCUT2D eigenvalue weighted by Gasteiger charge is -2.33. The van der Waals surface area contributed by atoms with Crippen molar-refractivity contribution in [2.24, 2.45) is 0 Å². The van der Waals surface area contributed by atoms with E-state index in [9.17, 15) is 4.79 Å². The van der Waals surface area contributed by atoms with Gasteiger partial charge in [-0.25, -0.2) is 0 Å². The second kappa shape index (κ2) is 3.48. The van der Waals surface area contributed by atoms with Crippen LogP contribution in [0.15, 0.2) is 30.3 Å².